The first-order valence-corrected chi connectivity index (χ1v) is 14.3. The Balaban J connectivity index is 1.27. The second-order valence-corrected chi connectivity index (χ2v) is 12.8. The second kappa shape index (κ2) is 10.2. The van der Waals surface area contributed by atoms with Gasteiger partial charge in [-0.25, -0.2) is 4.79 Å². The summed E-state index contributed by atoms with van der Waals surface area (Å²) >= 11 is 0. The number of nitrogens with zero attached hydrogens (tertiary/aromatic N) is 4. The minimum Gasteiger partial charge on any atom is -0.351 e. The molecule has 0 saturated heterocycles. The van der Waals surface area contributed by atoms with E-state index in [1.165, 1.54) is 44.1 Å². The first kappa shape index (κ1) is 26.4. The van der Waals surface area contributed by atoms with Gasteiger partial charge in [0.25, 0.3) is 0 Å². The number of amides is 1. The molecule has 2 fully saturated rings. The van der Waals surface area contributed by atoms with Crippen LogP contribution in [0, 0.1) is 28.6 Å². The van der Waals surface area contributed by atoms with Gasteiger partial charge in [0, 0.05) is 39.6 Å². The molecule has 0 radical (unpaired) electrons. The number of hydrogen-bond acceptors (Lipinski definition) is 5. The number of carbonyl (C=O) groups excluding carboxylic acids is 1. The lowest BCUT2D eigenvalue weighted by Crippen LogP contribution is -2.51. The van der Waals surface area contributed by atoms with Gasteiger partial charge in [-0.1, -0.05) is 37.6 Å². The van der Waals surface area contributed by atoms with Gasteiger partial charge >= 0.3 is 6.09 Å². The van der Waals surface area contributed by atoms with Crippen molar-refractivity contribution in [3.05, 3.63) is 47.8 Å². The van der Waals surface area contributed by atoms with E-state index in [1.807, 2.05) is 34.4 Å². The van der Waals surface area contributed by atoms with E-state index < -0.39 is 0 Å². The fraction of sp³-hybridized carbons (Fsp3) is 0.677. The summed E-state index contributed by atoms with van der Waals surface area (Å²) in [4.78, 5) is 26.6. The van der Waals surface area contributed by atoms with Crippen molar-refractivity contribution in [2.75, 3.05) is 41.3 Å². The van der Waals surface area contributed by atoms with Crippen molar-refractivity contribution in [3.8, 4) is 0 Å². The van der Waals surface area contributed by atoms with Crippen molar-refractivity contribution in [2.45, 2.75) is 64.8 Å². The fourth-order valence-electron chi connectivity index (χ4n) is 8.24. The molecule has 1 amide bonds. The molecule has 1 unspecified atom stereocenters. The molecule has 4 aliphatic carbocycles. The molecule has 1 aromatic rings. The van der Waals surface area contributed by atoms with E-state index in [9.17, 15) is 4.79 Å². The van der Waals surface area contributed by atoms with E-state index in [1.54, 1.807) is 21.1 Å². The SMILES string of the molecule is CN(C)CCN(C)C(=O)ON(C)C1C=C2CC[C@H]3[C@H](CC[C@]4(C)C(c5cccnc5)=CC[C@@H]34)[C@@]2(C)CC1. The molecule has 0 N–H and O–H groups in total. The zero-order chi connectivity index (χ0) is 26.4. The molecule has 6 nitrogen and oxygen atoms in total. The van der Waals surface area contributed by atoms with Crippen molar-refractivity contribution in [1.29, 1.82) is 0 Å². The zero-order valence-corrected chi connectivity index (χ0v) is 23.7. The number of pyridine rings is 1. The third kappa shape index (κ3) is 4.76. The third-order valence-corrected chi connectivity index (χ3v) is 10.5. The highest BCUT2D eigenvalue weighted by atomic mass is 16.7. The Kier molecular flexibility index (Phi) is 7.27. The van der Waals surface area contributed by atoms with Crippen LogP contribution in [0.15, 0.2) is 42.3 Å². The topological polar surface area (TPSA) is 48.9 Å². The molecule has 5 rings (SSSR count). The van der Waals surface area contributed by atoms with Crippen LogP contribution in [0.3, 0.4) is 0 Å². The lowest BCUT2D eigenvalue weighted by atomic mass is 9.46. The summed E-state index contributed by atoms with van der Waals surface area (Å²) in [6.07, 6.45) is 17.1. The van der Waals surface area contributed by atoms with Crippen molar-refractivity contribution < 1.29 is 9.63 Å². The van der Waals surface area contributed by atoms with Crippen LogP contribution in [0.5, 0.6) is 0 Å². The van der Waals surface area contributed by atoms with Gasteiger partial charge in [0.1, 0.15) is 0 Å². The summed E-state index contributed by atoms with van der Waals surface area (Å²) in [6, 6.07) is 4.47. The number of carbonyl (C=O) groups is 1. The summed E-state index contributed by atoms with van der Waals surface area (Å²) < 4.78 is 0. The van der Waals surface area contributed by atoms with Crippen LogP contribution in [0.1, 0.15) is 64.4 Å². The van der Waals surface area contributed by atoms with Crippen LogP contribution in [-0.2, 0) is 4.84 Å². The lowest BCUT2D eigenvalue weighted by Gasteiger charge is -2.58. The Bertz CT molecular complexity index is 1050. The van der Waals surface area contributed by atoms with Crippen molar-refractivity contribution in [2.24, 2.45) is 28.6 Å². The molecule has 0 bridgehead atoms. The maximum absolute atomic E-state index is 12.6. The van der Waals surface area contributed by atoms with Gasteiger partial charge < -0.3 is 14.6 Å². The fourth-order valence-corrected chi connectivity index (χ4v) is 8.24. The molecule has 0 aliphatic heterocycles. The number of aromatic nitrogens is 1. The van der Waals surface area contributed by atoms with E-state index in [2.05, 4.69) is 54.2 Å². The molecular formula is C31H46N4O2. The average molecular weight is 507 g/mol. The molecular weight excluding hydrogens is 460 g/mol. The van der Waals surface area contributed by atoms with Crippen LogP contribution in [0.4, 0.5) is 4.79 Å². The first-order chi connectivity index (χ1) is 17.6. The normalized spacial score (nSPS) is 34.8. The smallest absolute Gasteiger partial charge is 0.351 e. The monoisotopic (exact) mass is 506 g/mol. The van der Waals surface area contributed by atoms with Gasteiger partial charge in [0.15, 0.2) is 0 Å². The van der Waals surface area contributed by atoms with Gasteiger partial charge in [0.05, 0.1) is 6.04 Å². The Morgan fingerprint density at radius 3 is 2.57 bits per heavy atom. The highest BCUT2D eigenvalue weighted by Crippen LogP contribution is 2.66. The minimum atomic E-state index is -0.274. The summed E-state index contributed by atoms with van der Waals surface area (Å²) in [5.74, 6) is 2.26. The predicted octanol–water partition coefficient (Wildman–Crippen LogP) is 5.88. The van der Waals surface area contributed by atoms with Crippen LogP contribution in [0.25, 0.3) is 5.57 Å². The molecule has 2 saturated carbocycles. The number of hydroxylamine groups is 2. The van der Waals surface area contributed by atoms with Crippen LogP contribution >= 0.6 is 0 Å². The van der Waals surface area contributed by atoms with E-state index in [-0.39, 0.29) is 23.0 Å². The minimum absolute atomic E-state index is 0.157. The van der Waals surface area contributed by atoms with Crippen LogP contribution in [-0.4, -0.2) is 73.3 Å². The molecule has 202 valence electrons. The van der Waals surface area contributed by atoms with Gasteiger partial charge in [0.2, 0.25) is 0 Å². The van der Waals surface area contributed by atoms with Crippen LogP contribution < -0.4 is 0 Å². The molecule has 1 heterocycles. The Hall–Kier alpha value is -2.18. The second-order valence-electron chi connectivity index (χ2n) is 12.8. The van der Waals surface area contributed by atoms with E-state index in [0.29, 0.717) is 6.54 Å². The van der Waals surface area contributed by atoms with Crippen molar-refractivity contribution >= 4 is 11.7 Å². The van der Waals surface area contributed by atoms with Gasteiger partial charge in [-0.2, -0.15) is 0 Å². The van der Waals surface area contributed by atoms with Crippen LogP contribution in [0.2, 0.25) is 0 Å². The number of fused-ring (bicyclic) bond motifs is 5. The highest BCUT2D eigenvalue weighted by Gasteiger charge is 2.57. The average Bonchev–Trinajstić information content (AvgIpc) is 3.24. The molecule has 6 heteroatoms. The highest BCUT2D eigenvalue weighted by molar-refractivity contribution is 5.72. The van der Waals surface area contributed by atoms with E-state index in [4.69, 9.17) is 4.84 Å². The molecule has 4 aliphatic rings. The van der Waals surface area contributed by atoms with E-state index >= 15 is 0 Å². The van der Waals surface area contributed by atoms with Gasteiger partial charge in [-0.3, -0.25) is 4.98 Å². The third-order valence-electron chi connectivity index (χ3n) is 10.5. The molecule has 37 heavy (non-hydrogen) atoms. The Labute approximate surface area is 223 Å². The summed E-state index contributed by atoms with van der Waals surface area (Å²) in [7, 11) is 7.76. The molecule has 1 aromatic heterocycles. The lowest BCUT2D eigenvalue weighted by molar-refractivity contribution is -0.117. The molecule has 0 aromatic carbocycles. The number of allylic oxidation sites excluding steroid dienone is 3. The Morgan fingerprint density at radius 1 is 1.05 bits per heavy atom. The maximum Gasteiger partial charge on any atom is 0.428 e. The van der Waals surface area contributed by atoms with Crippen molar-refractivity contribution in [3.63, 3.8) is 0 Å². The maximum atomic E-state index is 12.6. The summed E-state index contributed by atoms with van der Waals surface area (Å²) in [5, 5.41) is 1.80. The first-order valence-electron chi connectivity index (χ1n) is 14.3. The summed E-state index contributed by atoms with van der Waals surface area (Å²) in [5.41, 5.74) is 5.00. The van der Waals surface area contributed by atoms with Gasteiger partial charge in [-0.05, 0) is 105 Å². The predicted molar refractivity (Wildman–Crippen MR) is 149 cm³/mol. The number of hydrogen-bond donors (Lipinski definition) is 0. The molecule has 6 atom stereocenters. The Morgan fingerprint density at radius 2 is 1.84 bits per heavy atom. The largest absolute Gasteiger partial charge is 0.428 e. The quantitative estimate of drug-likeness (QED) is 0.356. The number of likely N-dealkylation sites (N-methyl/N-ethyl adjacent to an activating group) is 3. The zero-order valence-electron chi connectivity index (χ0n) is 23.7. The molecule has 0 spiro atoms. The summed E-state index contributed by atoms with van der Waals surface area (Å²) in [6.45, 7) is 6.55. The van der Waals surface area contributed by atoms with Gasteiger partial charge in [-0.15, -0.1) is 5.06 Å². The van der Waals surface area contributed by atoms with Crippen molar-refractivity contribution in [1.82, 2.24) is 19.8 Å². The standard InChI is InChI=1S/C31H46N4O2/c1-30-15-13-24(35(6)37-29(36)34(5)19-18-33(3)4)20-23(30)9-10-25-27-12-11-26(22-8-7-17-32-21-22)31(27,2)16-14-28(25)30/h7-8,11,17,20-21,24-25,27-28H,9-10,12-16,18-19H2,1-6H3/t24?,25-,27+,28+,30+,31-/m1/s1. The van der Waals surface area contributed by atoms with E-state index in [0.717, 1.165) is 30.7 Å². The number of rotatable bonds is 6.